The summed E-state index contributed by atoms with van der Waals surface area (Å²) in [6, 6.07) is 2.15. The Labute approximate surface area is 113 Å². The molecule has 0 bridgehead atoms. The van der Waals surface area contributed by atoms with Crippen molar-refractivity contribution in [2.24, 2.45) is 0 Å². The second-order valence-electron chi connectivity index (χ2n) is 5.75. The average molecular weight is 269 g/mol. The van der Waals surface area contributed by atoms with E-state index in [1.165, 1.54) is 12.0 Å². The molecule has 4 heteroatoms. The third-order valence-corrected chi connectivity index (χ3v) is 3.81. The van der Waals surface area contributed by atoms with Crippen LogP contribution in [0.5, 0.6) is 0 Å². The minimum Gasteiger partial charge on any atom is -0.389 e. The maximum atomic E-state index is 10.0. The number of hydrogen-bond donors (Lipinski definition) is 1. The van der Waals surface area contributed by atoms with E-state index in [0.29, 0.717) is 12.6 Å². The highest BCUT2D eigenvalue weighted by molar-refractivity contribution is 7.07. The van der Waals surface area contributed by atoms with Crippen LogP contribution in [0.3, 0.4) is 0 Å². The highest BCUT2D eigenvalue weighted by atomic mass is 32.1. The molecule has 2 rings (SSSR count). The number of ether oxygens (including phenoxy) is 1. The molecule has 0 aromatic carbocycles. The lowest BCUT2D eigenvalue weighted by Crippen LogP contribution is -2.41. The number of hydrogen-bond acceptors (Lipinski definition) is 4. The Bertz CT molecular complexity index is 339. The van der Waals surface area contributed by atoms with Gasteiger partial charge < -0.3 is 9.84 Å². The van der Waals surface area contributed by atoms with Gasteiger partial charge in [-0.1, -0.05) is 0 Å². The third kappa shape index (κ3) is 4.69. The predicted molar refractivity (Wildman–Crippen MR) is 74.9 cm³/mol. The van der Waals surface area contributed by atoms with Gasteiger partial charge in [-0.25, -0.2) is 0 Å². The molecule has 1 fully saturated rings. The van der Waals surface area contributed by atoms with Crippen molar-refractivity contribution in [3.05, 3.63) is 22.4 Å². The maximum absolute atomic E-state index is 10.0. The predicted octanol–water partition coefficient (Wildman–Crippen LogP) is 2.50. The van der Waals surface area contributed by atoms with Crippen molar-refractivity contribution >= 4 is 11.3 Å². The van der Waals surface area contributed by atoms with Crippen molar-refractivity contribution in [2.45, 2.75) is 44.9 Å². The molecule has 18 heavy (non-hydrogen) atoms. The Morgan fingerprint density at radius 3 is 2.94 bits per heavy atom. The molecule has 3 nitrogen and oxygen atoms in total. The summed E-state index contributed by atoms with van der Waals surface area (Å²) in [5.41, 5.74) is 0.663. The highest BCUT2D eigenvalue weighted by Crippen LogP contribution is 2.18. The lowest BCUT2D eigenvalue weighted by molar-refractivity contribution is 0.00885. The minimum absolute atomic E-state index is 0.339. The van der Waals surface area contributed by atoms with Crippen LogP contribution in [0.2, 0.25) is 0 Å². The van der Waals surface area contributed by atoms with Crippen molar-refractivity contribution in [1.29, 1.82) is 0 Å². The number of rotatable bonds is 6. The van der Waals surface area contributed by atoms with Gasteiger partial charge in [-0.15, -0.1) is 0 Å². The van der Waals surface area contributed by atoms with Crippen LogP contribution in [0.1, 0.15) is 32.3 Å². The molecule has 0 spiro atoms. The molecule has 1 aromatic rings. The zero-order chi connectivity index (χ0) is 13.0. The van der Waals surface area contributed by atoms with Crippen LogP contribution in [-0.2, 0) is 11.3 Å². The molecular weight excluding hydrogens is 246 g/mol. The second-order valence-corrected chi connectivity index (χ2v) is 6.53. The molecule has 0 aliphatic carbocycles. The molecule has 1 atom stereocenters. The fraction of sp³-hybridized carbons (Fsp3) is 0.714. The van der Waals surface area contributed by atoms with Gasteiger partial charge in [0.05, 0.1) is 11.7 Å². The first-order chi connectivity index (χ1) is 8.53. The molecule has 102 valence electrons. The summed E-state index contributed by atoms with van der Waals surface area (Å²) in [7, 11) is 0. The molecule has 2 heterocycles. The second kappa shape index (κ2) is 6.15. The molecule has 0 unspecified atom stereocenters. The molecule has 0 saturated carbocycles. The summed E-state index contributed by atoms with van der Waals surface area (Å²) >= 11 is 1.72. The van der Waals surface area contributed by atoms with E-state index in [0.717, 1.165) is 26.1 Å². The molecule has 1 aliphatic rings. The molecule has 0 radical (unpaired) electrons. The Hall–Kier alpha value is -0.420. The first-order valence-corrected chi connectivity index (χ1v) is 7.55. The lowest BCUT2D eigenvalue weighted by atomic mass is 10.1. The normalized spacial score (nSPS) is 20.8. The van der Waals surface area contributed by atoms with Gasteiger partial charge in [-0.2, -0.15) is 11.3 Å². The van der Waals surface area contributed by atoms with Crippen LogP contribution in [-0.4, -0.2) is 41.4 Å². The van der Waals surface area contributed by atoms with Crippen molar-refractivity contribution in [2.75, 3.05) is 19.7 Å². The fourth-order valence-corrected chi connectivity index (χ4v) is 3.11. The van der Waals surface area contributed by atoms with Gasteiger partial charge in [0.1, 0.15) is 0 Å². The number of thiophene rings is 1. The van der Waals surface area contributed by atoms with E-state index in [9.17, 15) is 5.11 Å². The summed E-state index contributed by atoms with van der Waals surface area (Å²) in [6.07, 6.45) is 2.65. The monoisotopic (exact) mass is 269 g/mol. The quantitative estimate of drug-likeness (QED) is 0.861. The molecule has 1 aromatic heterocycles. The minimum atomic E-state index is -0.658. The first-order valence-electron chi connectivity index (χ1n) is 6.60. The van der Waals surface area contributed by atoms with E-state index in [1.807, 2.05) is 13.8 Å². The molecule has 0 amide bonds. The Balaban J connectivity index is 1.93. The van der Waals surface area contributed by atoms with Gasteiger partial charge in [-0.05, 0) is 49.1 Å². The highest BCUT2D eigenvalue weighted by Gasteiger charge is 2.23. The van der Waals surface area contributed by atoms with Gasteiger partial charge in [0.15, 0.2) is 0 Å². The summed E-state index contributed by atoms with van der Waals surface area (Å²) in [5.74, 6) is 0. The summed E-state index contributed by atoms with van der Waals surface area (Å²) in [6.45, 7) is 7.11. The van der Waals surface area contributed by atoms with E-state index in [-0.39, 0.29) is 0 Å². The third-order valence-electron chi connectivity index (χ3n) is 3.08. The Kier molecular flexibility index (Phi) is 4.78. The largest absolute Gasteiger partial charge is 0.389 e. The van der Waals surface area contributed by atoms with Crippen LogP contribution >= 0.6 is 11.3 Å². The van der Waals surface area contributed by atoms with Gasteiger partial charge in [-0.3, -0.25) is 4.90 Å². The van der Waals surface area contributed by atoms with Gasteiger partial charge in [0.25, 0.3) is 0 Å². The maximum Gasteiger partial charge on any atom is 0.0718 e. The lowest BCUT2D eigenvalue weighted by Gasteiger charge is -2.30. The van der Waals surface area contributed by atoms with Crippen LogP contribution in [0.15, 0.2) is 16.8 Å². The standard InChI is InChI=1S/C14H23NO2S/c1-14(2,16)11-15(8-12-5-7-18-10-12)9-13-4-3-6-17-13/h5,7,10,13,16H,3-4,6,8-9,11H2,1-2H3/t13-/m0/s1. The van der Waals surface area contributed by atoms with Crippen LogP contribution in [0.4, 0.5) is 0 Å². The summed E-state index contributed by atoms with van der Waals surface area (Å²) in [4.78, 5) is 2.30. The van der Waals surface area contributed by atoms with E-state index in [2.05, 4.69) is 21.7 Å². The fourth-order valence-electron chi connectivity index (χ4n) is 2.45. The molecule has 1 aliphatic heterocycles. The number of aliphatic hydroxyl groups is 1. The Morgan fingerprint density at radius 1 is 1.56 bits per heavy atom. The Morgan fingerprint density at radius 2 is 2.39 bits per heavy atom. The van der Waals surface area contributed by atoms with Gasteiger partial charge in [0.2, 0.25) is 0 Å². The number of nitrogens with zero attached hydrogens (tertiary/aromatic N) is 1. The van der Waals surface area contributed by atoms with E-state index in [1.54, 1.807) is 11.3 Å². The zero-order valence-electron chi connectivity index (χ0n) is 11.3. The molecule has 1 saturated heterocycles. The van der Waals surface area contributed by atoms with E-state index < -0.39 is 5.60 Å². The zero-order valence-corrected chi connectivity index (χ0v) is 12.1. The van der Waals surface area contributed by atoms with Crippen LogP contribution < -0.4 is 0 Å². The van der Waals surface area contributed by atoms with E-state index >= 15 is 0 Å². The molecular formula is C14H23NO2S. The van der Waals surface area contributed by atoms with Crippen molar-refractivity contribution < 1.29 is 9.84 Å². The van der Waals surface area contributed by atoms with Crippen molar-refractivity contribution in [3.8, 4) is 0 Å². The van der Waals surface area contributed by atoms with Crippen LogP contribution in [0.25, 0.3) is 0 Å². The smallest absolute Gasteiger partial charge is 0.0718 e. The summed E-state index contributed by atoms with van der Waals surface area (Å²) in [5, 5.41) is 14.3. The molecule has 1 N–H and O–H groups in total. The van der Waals surface area contributed by atoms with Gasteiger partial charge >= 0.3 is 0 Å². The average Bonchev–Trinajstić information content (AvgIpc) is 2.87. The topological polar surface area (TPSA) is 32.7 Å². The van der Waals surface area contributed by atoms with Crippen molar-refractivity contribution in [3.63, 3.8) is 0 Å². The summed E-state index contributed by atoms with van der Waals surface area (Å²) < 4.78 is 5.70. The van der Waals surface area contributed by atoms with E-state index in [4.69, 9.17) is 4.74 Å². The SMILES string of the molecule is CC(C)(O)CN(Cc1ccsc1)C[C@@H]1CCCO1. The van der Waals surface area contributed by atoms with Gasteiger partial charge in [0, 0.05) is 26.2 Å². The van der Waals surface area contributed by atoms with Crippen LogP contribution in [0, 0.1) is 0 Å². The van der Waals surface area contributed by atoms with Crippen molar-refractivity contribution in [1.82, 2.24) is 4.90 Å². The first kappa shape index (κ1) is 14.0.